The van der Waals surface area contributed by atoms with Crippen molar-refractivity contribution in [1.29, 1.82) is 0 Å². The minimum Gasteiger partial charge on any atom is -0.368 e. The van der Waals surface area contributed by atoms with Crippen LogP contribution in [0.4, 0.5) is 0 Å². The average Bonchev–Trinajstić information content (AvgIpc) is 2.99. The van der Waals surface area contributed by atoms with Crippen molar-refractivity contribution < 1.29 is 9.53 Å². The SMILES string of the molecule is Cc1ccn(CCC(=O)N2CCO[C@H](c3cnccn3)C2)n1. The highest BCUT2D eigenvalue weighted by Gasteiger charge is 2.26. The molecule has 2 aromatic rings. The van der Waals surface area contributed by atoms with Gasteiger partial charge in [0.15, 0.2) is 0 Å². The quantitative estimate of drug-likeness (QED) is 0.841. The van der Waals surface area contributed by atoms with Gasteiger partial charge in [0.25, 0.3) is 0 Å². The lowest BCUT2D eigenvalue weighted by Gasteiger charge is -2.32. The Morgan fingerprint density at radius 1 is 1.45 bits per heavy atom. The molecule has 22 heavy (non-hydrogen) atoms. The molecule has 3 heterocycles. The first-order valence-electron chi connectivity index (χ1n) is 7.38. The largest absolute Gasteiger partial charge is 0.368 e. The first-order chi connectivity index (χ1) is 10.7. The first-order valence-corrected chi connectivity index (χ1v) is 7.38. The highest BCUT2D eigenvalue weighted by atomic mass is 16.5. The molecule has 7 nitrogen and oxygen atoms in total. The van der Waals surface area contributed by atoms with E-state index < -0.39 is 0 Å². The van der Waals surface area contributed by atoms with Crippen molar-refractivity contribution in [2.24, 2.45) is 0 Å². The van der Waals surface area contributed by atoms with Crippen molar-refractivity contribution in [2.75, 3.05) is 19.7 Å². The number of rotatable bonds is 4. The molecule has 0 aliphatic carbocycles. The molecule has 0 radical (unpaired) electrons. The van der Waals surface area contributed by atoms with Crippen LogP contribution < -0.4 is 0 Å². The minimum atomic E-state index is -0.196. The molecular weight excluding hydrogens is 282 g/mol. The van der Waals surface area contributed by atoms with E-state index in [1.165, 1.54) is 0 Å². The molecule has 0 bridgehead atoms. The summed E-state index contributed by atoms with van der Waals surface area (Å²) in [4.78, 5) is 22.5. The second-order valence-corrected chi connectivity index (χ2v) is 5.30. The van der Waals surface area contributed by atoms with Crippen LogP contribution >= 0.6 is 0 Å². The van der Waals surface area contributed by atoms with Crippen LogP contribution in [-0.4, -0.2) is 50.3 Å². The van der Waals surface area contributed by atoms with E-state index in [0.717, 1.165) is 11.4 Å². The number of nitrogens with zero attached hydrogens (tertiary/aromatic N) is 5. The van der Waals surface area contributed by atoms with Gasteiger partial charge in [-0.1, -0.05) is 0 Å². The maximum atomic E-state index is 12.3. The fourth-order valence-corrected chi connectivity index (χ4v) is 2.49. The van der Waals surface area contributed by atoms with Gasteiger partial charge < -0.3 is 9.64 Å². The van der Waals surface area contributed by atoms with Crippen molar-refractivity contribution in [2.45, 2.75) is 26.0 Å². The highest BCUT2D eigenvalue weighted by molar-refractivity contribution is 5.76. The van der Waals surface area contributed by atoms with Gasteiger partial charge in [-0.15, -0.1) is 0 Å². The summed E-state index contributed by atoms with van der Waals surface area (Å²) in [6.45, 7) is 4.20. The van der Waals surface area contributed by atoms with Gasteiger partial charge in [0.05, 0.1) is 30.7 Å². The number of hydrogen-bond acceptors (Lipinski definition) is 5. The Morgan fingerprint density at radius 3 is 3.09 bits per heavy atom. The second kappa shape index (κ2) is 6.65. The molecule has 2 aromatic heterocycles. The Bertz CT molecular complexity index is 628. The van der Waals surface area contributed by atoms with Crippen LogP contribution in [0.3, 0.4) is 0 Å². The van der Waals surface area contributed by atoms with Gasteiger partial charge in [0, 0.05) is 38.1 Å². The lowest BCUT2D eigenvalue weighted by molar-refractivity contribution is -0.139. The third kappa shape index (κ3) is 3.48. The Balaban J connectivity index is 1.56. The van der Waals surface area contributed by atoms with Crippen LogP contribution in [0.1, 0.15) is 23.9 Å². The zero-order valence-electron chi connectivity index (χ0n) is 12.6. The lowest BCUT2D eigenvalue weighted by atomic mass is 10.2. The number of aromatic nitrogens is 4. The van der Waals surface area contributed by atoms with E-state index >= 15 is 0 Å². The number of morpholine rings is 1. The number of aryl methyl sites for hydroxylation is 2. The molecule has 3 rings (SSSR count). The molecule has 0 saturated carbocycles. The minimum absolute atomic E-state index is 0.116. The van der Waals surface area contributed by atoms with E-state index in [-0.39, 0.29) is 12.0 Å². The number of hydrogen-bond donors (Lipinski definition) is 0. The third-order valence-corrected chi connectivity index (χ3v) is 3.66. The van der Waals surface area contributed by atoms with E-state index in [9.17, 15) is 4.79 Å². The lowest BCUT2D eigenvalue weighted by Crippen LogP contribution is -2.42. The summed E-state index contributed by atoms with van der Waals surface area (Å²) in [6.07, 6.45) is 7.09. The third-order valence-electron chi connectivity index (χ3n) is 3.66. The summed E-state index contributed by atoms with van der Waals surface area (Å²) in [7, 11) is 0. The van der Waals surface area contributed by atoms with E-state index in [0.29, 0.717) is 32.7 Å². The van der Waals surface area contributed by atoms with Crippen LogP contribution in [0.15, 0.2) is 30.9 Å². The first kappa shape index (κ1) is 14.6. The van der Waals surface area contributed by atoms with Gasteiger partial charge in [-0.25, -0.2) is 0 Å². The summed E-state index contributed by atoms with van der Waals surface area (Å²) >= 11 is 0. The zero-order chi connectivity index (χ0) is 15.4. The molecular formula is C15H19N5O2. The van der Waals surface area contributed by atoms with E-state index in [2.05, 4.69) is 15.1 Å². The fraction of sp³-hybridized carbons (Fsp3) is 0.467. The summed E-state index contributed by atoms with van der Waals surface area (Å²) in [5.41, 5.74) is 1.73. The van der Waals surface area contributed by atoms with Gasteiger partial charge in [-0.3, -0.25) is 19.4 Å². The molecule has 0 spiro atoms. The van der Waals surface area contributed by atoms with Gasteiger partial charge in [0.2, 0.25) is 5.91 Å². The van der Waals surface area contributed by atoms with Crippen molar-refractivity contribution in [3.63, 3.8) is 0 Å². The molecule has 0 aromatic carbocycles. The summed E-state index contributed by atoms with van der Waals surface area (Å²) in [6, 6.07) is 1.93. The van der Waals surface area contributed by atoms with Crippen molar-refractivity contribution in [3.05, 3.63) is 42.2 Å². The van der Waals surface area contributed by atoms with Crippen molar-refractivity contribution in [1.82, 2.24) is 24.6 Å². The van der Waals surface area contributed by atoms with Crippen LogP contribution in [0.25, 0.3) is 0 Å². The summed E-state index contributed by atoms with van der Waals surface area (Å²) < 4.78 is 7.50. The molecule has 0 unspecified atom stereocenters. The van der Waals surface area contributed by atoms with Crippen molar-refractivity contribution >= 4 is 5.91 Å². The van der Waals surface area contributed by atoms with Crippen LogP contribution in [0, 0.1) is 6.92 Å². The van der Waals surface area contributed by atoms with E-state index in [1.54, 1.807) is 23.3 Å². The normalized spacial score (nSPS) is 18.4. The Kier molecular flexibility index (Phi) is 4.43. The smallest absolute Gasteiger partial charge is 0.224 e. The average molecular weight is 301 g/mol. The second-order valence-electron chi connectivity index (χ2n) is 5.30. The number of ether oxygens (including phenoxy) is 1. The maximum Gasteiger partial charge on any atom is 0.224 e. The Hall–Kier alpha value is -2.28. The van der Waals surface area contributed by atoms with E-state index in [4.69, 9.17) is 4.74 Å². The molecule has 1 saturated heterocycles. The monoisotopic (exact) mass is 301 g/mol. The molecule has 1 fully saturated rings. The molecule has 1 atom stereocenters. The van der Waals surface area contributed by atoms with Gasteiger partial charge in [-0.05, 0) is 13.0 Å². The number of carbonyl (C=O) groups is 1. The van der Waals surface area contributed by atoms with Gasteiger partial charge in [0.1, 0.15) is 6.10 Å². The van der Waals surface area contributed by atoms with Gasteiger partial charge >= 0.3 is 0 Å². The molecule has 1 aliphatic rings. The maximum absolute atomic E-state index is 12.3. The standard InChI is InChI=1S/C15H19N5O2/c1-12-2-6-20(18-12)7-3-15(21)19-8-9-22-14(11-19)13-10-16-4-5-17-13/h2,4-6,10,14H,3,7-9,11H2,1H3/t14-/m0/s1. The molecule has 0 N–H and O–H groups in total. The van der Waals surface area contributed by atoms with Gasteiger partial charge in [-0.2, -0.15) is 5.10 Å². The molecule has 1 amide bonds. The molecule has 116 valence electrons. The summed E-state index contributed by atoms with van der Waals surface area (Å²) in [5, 5.41) is 4.29. The van der Waals surface area contributed by atoms with Crippen molar-refractivity contribution in [3.8, 4) is 0 Å². The topological polar surface area (TPSA) is 73.1 Å². The molecule has 1 aliphatic heterocycles. The molecule has 7 heteroatoms. The Morgan fingerprint density at radius 2 is 2.36 bits per heavy atom. The number of carbonyl (C=O) groups excluding carboxylic acids is 1. The zero-order valence-corrected chi connectivity index (χ0v) is 12.6. The van der Waals surface area contributed by atoms with Crippen LogP contribution in [0.5, 0.6) is 0 Å². The fourth-order valence-electron chi connectivity index (χ4n) is 2.49. The predicted octanol–water partition coefficient (Wildman–Crippen LogP) is 0.972. The van der Waals surface area contributed by atoms with Crippen LogP contribution in [0.2, 0.25) is 0 Å². The van der Waals surface area contributed by atoms with E-state index in [1.807, 2.05) is 24.1 Å². The van der Waals surface area contributed by atoms with Crippen LogP contribution in [-0.2, 0) is 16.1 Å². The summed E-state index contributed by atoms with van der Waals surface area (Å²) in [5.74, 6) is 0.116. The highest BCUT2D eigenvalue weighted by Crippen LogP contribution is 2.20. The predicted molar refractivity (Wildman–Crippen MR) is 78.9 cm³/mol. The Labute approximate surface area is 128 Å². The number of amides is 1.